The minimum Gasteiger partial charge on any atom is -0.320 e. The van der Waals surface area contributed by atoms with E-state index in [-0.39, 0.29) is 6.54 Å². The Hall–Kier alpha value is -0.580. The molecule has 0 N–H and O–H groups in total. The normalized spacial score (nSPS) is 10.9. The maximum atomic E-state index is 11.9. The van der Waals surface area contributed by atoms with Crippen molar-refractivity contribution in [1.82, 2.24) is 9.55 Å². The van der Waals surface area contributed by atoms with E-state index in [1.54, 1.807) is 6.20 Å². The van der Waals surface area contributed by atoms with Gasteiger partial charge in [-0.2, -0.15) is 0 Å². The number of halogens is 2. The van der Waals surface area contributed by atoms with Crippen LogP contribution >= 0.6 is 11.8 Å². The van der Waals surface area contributed by atoms with E-state index < -0.39 is 6.43 Å². The highest BCUT2D eigenvalue weighted by Crippen LogP contribution is 2.12. The molecule has 0 aromatic carbocycles. The molecule has 0 saturated heterocycles. The van der Waals surface area contributed by atoms with Crippen LogP contribution in [0.3, 0.4) is 0 Å². The highest BCUT2D eigenvalue weighted by atomic mass is 32.2. The van der Waals surface area contributed by atoms with Crippen molar-refractivity contribution in [1.29, 1.82) is 0 Å². The number of imidazole rings is 1. The molecule has 0 spiro atoms. The monoisotopic (exact) mass is 178 g/mol. The van der Waals surface area contributed by atoms with Gasteiger partial charge in [0.2, 0.25) is 0 Å². The van der Waals surface area contributed by atoms with Crippen molar-refractivity contribution in [2.75, 3.05) is 6.26 Å². The standard InChI is InChI=1S/C6H8F2N2S/c1-11-6-9-2-3-10(6)4-5(7)8/h2-3,5H,4H2,1H3. The summed E-state index contributed by atoms with van der Waals surface area (Å²) in [7, 11) is 0. The van der Waals surface area contributed by atoms with E-state index in [0.29, 0.717) is 5.16 Å². The third-order valence-electron chi connectivity index (χ3n) is 1.19. The average Bonchev–Trinajstić information content (AvgIpc) is 2.34. The first kappa shape index (κ1) is 8.52. The molecule has 1 aromatic heterocycles. The zero-order valence-electron chi connectivity index (χ0n) is 6.00. The maximum Gasteiger partial charge on any atom is 0.256 e. The summed E-state index contributed by atoms with van der Waals surface area (Å²) < 4.78 is 25.2. The molecular formula is C6H8F2N2S. The Labute approximate surface area is 67.6 Å². The van der Waals surface area contributed by atoms with Crippen molar-refractivity contribution in [3.8, 4) is 0 Å². The highest BCUT2D eigenvalue weighted by Gasteiger charge is 2.06. The van der Waals surface area contributed by atoms with Crippen molar-refractivity contribution >= 4 is 11.8 Å². The molecule has 0 atom stereocenters. The minimum atomic E-state index is -2.31. The number of hydrogen-bond acceptors (Lipinski definition) is 2. The zero-order chi connectivity index (χ0) is 8.27. The molecule has 0 aliphatic rings. The van der Waals surface area contributed by atoms with Crippen LogP contribution in [0.2, 0.25) is 0 Å². The van der Waals surface area contributed by atoms with E-state index in [9.17, 15) is 8.78 Å². The van der Waals surface area contributed by atoms with Crippen LogP contribution in [0.1, 0.15) is 0 Å². The summed E-state index contributed by atoms with van der Waals surface area (Å²) in [4.78, 5) is 3.88. The van der Waals surface area contributed by atoms with Crippen molar-refractivity contribution in [3.63, 3.8) is 0 Å². The van der Waals surface area contributed by atoms with Crippen LogP contribution in [-0.2, 0) is 6.54 Å². The summed E-state index contributed by atoms with van der Waals surface area (Å²) >= 11 is 1.36. The van der Waals surface area contributed by atoms with Gasteiger partial charge in [-0.25, -0.2) is 13.8 Å². The summed E-state index contributed by atoms with van der Waals surface area (Å²) in [6, 6.07) is 0. The van der Waals surface area contributed by atoms with Crippen molar-refractivity contribution < 1.29 is 8.78 Å². The van der Waals surface area contributed by atoms with Crippen LogP contribution < -0.4 is 0 Å². The number of thioether (sulfide) groups is 1. The second-order valence-electron chi connectivity index (χ2n) is 1.96. The largest absolute Gasteiger partial charge is 0.320 e. The Morgan fingerprint density at radius 2 is 2.45 bits per heavy atom. The second kappa shape index (κ2) is 3.71. The molecule has 1 aromatic rings. The summed E-state index contributed by atoms with van der Waals surface area (Å²) in [6.45, 7) is -0.268. The molecule has 1 heterocycles. The number of nitrogens with zero attached hydrogens (tertiary/aromatic N) is 2. The molecule has 0 saturated carbocycles. The lowest BCUT2D eigenvalue weighted by Gasteiger charge is -2.03. The highest BCUT2D eigenvalue weighted by molar-refractivity contribution is 7.98. The molecule has 11 heavy (non-hydrogen) atoms. The van der Waals surface area contributed by atoms with Gasteiger partial charge in [0.1, 0.15) is 0 Å². The molecule has 1 rings (SSSR count). The quantitative estimate of drug-likeness (QED) is 0.657. The van der Waals surface area contributed by atoms with Gasteiger partial charge in [0, 0.05) is 12.4 Å². The summed E-state index contributed by atoms with van der Waals surface area (Å²) in [5.74, 6) is 0. The first-order valence-corrected chi connectivity index (χ1v) is 4.29. The molecule has 0 unspecified atom stereocenters. The minimum absolute atomic E-state index is 0.268. The Morgan fingerprint density at radius 3 is 3.00 bits per heavy atom. The Balaban J connectivity index is 2.68. The first-order valence-electron chi connectivity index (χ1n) is 3.07. The summed E-state index contributed by atoms with van der Waals surface area (Å²) in [6.07, 6.45) is 2.58. The predicted molar refractivity (Wildman–Crippen MR) is 40.0 cm³/mol. The fourth-order valence-corrected chi connectivity index (χ4v) is 1.31. The smallest absolute Gasteiger partial charge is 0.256 e. The first-order chi connectivity index (χ1) is 5.24. The lowest BCUT2D eigenvalue weighted by molar-refractivity contribution is 0.123. The molecule has 2 nitrogen and oxygen atoms in total. The van der Waals surface area contributed by atoms with Crippen molar-refractivity contribution in [3.05, 3.63) is 12.4 Å². The molecule has 0 aliphatic heterocycles. The van der Waals surface area contributed by atoms with Crippen LogP contribution in [0.5, 0.6) is 0 Å². The number of hydrogen-bond donors (Lipinski definition) is 0. The van der Waals surface area contributed by atoms with E-state index in [1.165, 1.54) is 22.5 Å². The molecule has 62 valence electrons. The fraction of sp³-hybridized carbons (Fsp3) is 0.500. The van der Waals surface area contributed by atoms with Crippen molar-refractivity contribution in [2.45, 2.75) is 18.1 Å². The molecule has 0 radical (unpaired) electrons. The van der Waals surface area contributed by atoms with Gasteiger partial charge in [-0.3, -0.25) is 0 Å². The van der Waals surface area contributed by atoms with Gasteiger partial charge < -0.3 is 4.57 Å². The van der Waals surface area contributed by atoms with Crippen LogP contribution in [0.25, 0.3) is 0 Å². The zero-order valence-corrected chi connectivity index (χ0v) is 6.81. The van der Waals surface area contributed by atoms with E-state index in [1.807, 2.05) is 6.26 Å². The number of rotatable bonds is 3. The lowest BCUT2D eigenvalue weighted by atomic mass is 10.6. The molecule has 0 amide bonds. The molecule has 0 fully saturated rings. The van der Waals surface area contributed by atoms with Gasteiger partial charge in [-0.05, 0) is 6.26 Å². The Kier molecular flexibility index (Phi) is 2.87. The number of alkyl halides is 2. The van der Waals surface area contributed by atoms with E-state index >= 15 is 0 Å². The topological polar surface area (TPSA) is 17.8 Å². The number of aromatic nitrogens is 2. The fourth-order valence-electron chi connectivity index (χ4n) is 0.773. The van der Waals surface area contributed by atoms with Gasteiger partial charge in [0.25, 0.3) is 6.43 Å². The lowest BCUT2D eigenvalue weighted by Crippen LogP contribution is -2.06. The summed E-state index contributed by atoms with van der Waals surface area (Å²) in [5, 5.41) is 0.630. The molecule has 0 bridgehead atoms. The van der Waals surface area contributed by atoms with Crippen LogP contribution in [0, 0.1) is 0 Å². The third-order valence-corrected chi connectivity index (χ3v) is 1.90. The van der Waals surface area contributed by atoms with Gasteiger partial charge in [0.05, 0.1) is 6.54 Å². The molecule has 5 heteroatoms. The maximum absolute atomic E-state index is 11.9. The van der Waals surface area contributed by atoms with E-state index in [0.717, 1.165) is 0 Å². The van der Waals surface area contributed by atoms with E-state index in [2.05, 4.69) is 4.98 Å². The molecular weight excluding hydrogens is 170 g/mol. The SMILES string of the molecule is CSc1nccn1CC(F)F. The van der Waals surface area contributed by atoms with Crippen LogP contribution in [0.4, 0.5) is 8.78 Å². The summed E-state index contributed by atoms with van der Waals surface area (Å²) in [5.41, 5.74) is 0. The van der Waals surface area contributed by atoms with Gasteiger partial charge >= 0.3 is 0 Å². The van der Waals surface area contributed by atoms with Gasteiger partial charge in [-0.15, -0.1) is 0 Å². The van der Waals surface area contributed by atoms with Crippen LogP contribution in [-0.4, -0.2) is 22.2 Å². The predicted octanol–water partition coefficient (Wildman–Crippen LogP) is 1.87. The Morgan fingerprint density at radius 1 is 1.73 bits per heavy atom. The Bertz CT molecular complexity index is 224. The van der Waals surface area contributed by atoms with Crippen molar-refractivity contribution in [2.24, 2.45) is 0 Å². The van der Waals surface area contributed by atoms with Gasteiger partial charge in [-0.1, -0.05) is 11.8 Å². The van der Waals surface area contributed by atoms with Crippen LogP contribution in [0.15, 0.2) is 17.6 Å². The van der Waals surface area contributed by atoms with Gasteiger partial charge in [0.15, 0.2) is 5.16 Å². The van der Waals surface area contributed by atoms with E-state index in [4.69, 9.17) is 0 Å². The third kappa shape index (κ3) is 2.18. The second-order valence-corrected chi connectivity index (χ2v) is 2.73. The molecule has 0 aliphatic carbocycles. The average molecular weight is 178 g/mol.